The second-order valence-electron chi connectivity index (χ2n) is 5.16. The molecule has 0 saturated carbocycles. The predicted molar refractivity (Wildman–Crippen MR) is 79.4 cm³/mol. The van der Waals surface area contributed by atoms with E-state index in [1.807, 2.05) is 0 Å². The van der Waals surface area contributed by atoms with Gasteiger partial charge >= 0.3 is 5.97 Å². The van der Waals surface area contributed by atoms with E-state index in [1.165, 1.54) is 7.11 Å². The number of hydrogen-bond acceptors (Lipinski definition) is 5. The van der Waals surface area contributed by atoms with Crippen LogP contribution in [0.4, 0.5) is 0 Å². The van der Waals surface area contributed by atoms with Crippen LogP contribution in [0.3, 0.4) is 0 Å². The van der Waals surface area contributed by atoms with Gasteiger partial charge in [-0.15, -0.1) is 0 Å². The van der Waals surface area contributed by atoms with E-state index in [2.05, 4.69) is 14.8 Å². The lowest BCUT2D eigenvalue weighted by Gasteiger charge is -2.11. The molecule has 0 aromatic heterocycles. The van der Waals surface area contributed by atoms with Crippen LogP contribution in [0.15, 0.2) is 24.3 Å². The molecule has 21 heavy (non-hydrogen) atoms. The van der Waals surface area contributed by atoms with Crippen LogP contribution in [0.1, 0.15) is 22.3 Å². The Morgan fingerprint density at radius 2 is 2.29 bits per heavy atom. The molecule has 2 rings (SSSR count). The van der Waals surface area contributed by atoms with Gasteiger partial charge in [0.2, 0.25) is 10.0 Å². The van der Waals surface area contributed by atoms with Gasteiger partial charge in [-0.1, -0.05) is 12.1 Å². The largest absolute Gasteiger partial charge is 0.465 e. The normalized spacial score (nSPS) is 18.6. The monoisotopic (exact) mass is 312 g/mol. The van der Waals surface area contributed by atoms with E-state index >= 15 is 0 Å². The van der Waals surface area contributed by atoms with Gasteiger partial charge < -0.3 is 10.1 Å². The minimum Gasteiger partial charge on any atom is -0.465 e. The number of nitrogens with one attached hydrogen (secondary N) is 2. The Kier molecular flexibility index (Phi) is 5.33. The molecule has 1 aromatic rings. The molecule has 1 aliphatic rings. The van der Waals surface area contributed by atoms with Crippen molar-refractivity contribution < 1.29 is 17.9 Å². The molecule has 1 fully saturated rings. The summed E-state index contributed by atoms with van der Waals surface area (Å²) in [6.07, 6.45) is 0.986. The third-order valence-electron chi connectivity index (χ3n) is 3.46. The summed E-state index contributed by atoms with van der Waals surface area (Å²) in [5.41, 5.74) is 0.917. The Balaban J connectivity index is 1.97. The summed E-state index contributed by atoms with van der Waals surface area (Å²) in [6.45, 7) is 2.24. The molecule has 0 radical (unpaired) electrons. The molecule has 1 atom stereocenters. The first kappa shape index (κ1) is 15.9. The van der Waals surface area contributed by atoms with Crippen LogP contribution in [0.25, 0.3) is 0 Å². The fraction of sp³-hybridized carbons (Fsp3) is 0.500. The van der Waals surface area contributed by atoms with E-state index in [4.69, 9.17) is 0 Å². The zero-order chi connectivity index (χ0) is 15.3. The molecule has 7 heteroatoms. The van der Waals surface area contributed by atoms with Crippen molar-refractivity contribution in [1.29, 1.82) is 0 Å². The van der Waals surface area contributed by atoms with Gasteiger partial charge in [0, 0.05) is 6.54 Å². The quantitative estimate of drug-likeness (QED) is 0.747. The molecule has 1 aromatic carbocycles. The smallest absolute Gasteiger partial charge is 0.337 e. The number of carbonyl (C=O) groups is 1. The summed E-state index contributed by atoms with van der Waals surface area (Å²) in [4.78, 5) is 11.4. The molecule has 2 N–H and O–H groups in total. The second kappa shape index (κ2) is 7.02. The Hall–Kier alpha value is -1.44. The molecule has 6 nitrogen and oxygen atoms in total. The predicted octanol–water partition coefficient (Wildman–Crippen LogP) is 0.502. The summed E-state index contributed by atoms with van der Waals surface area (Å²) < 4.78 is 31.4. The highest BCUT2D eigenvalue weighted by Crippen LogP contribution is 2.11. The van der Waals surface area contributed by atoms with Crippen LogP contribution in [-0.4, -0.2) is 41.1 Å². The zero-order valence-corrected chi connectivity index (χ0v) is 12.8. The maximum Gasteiger partial charge on any atom is 0.337 e. The highest BCUT2D eigenvalue weighted by atomic mass is 32.2. The van der Waals surface area contributed by atoms with Gasteiger partial charge in [0.25, 0.3) is 0 Å². The van der Waals surface area contributed by atoms with E-state index < -0.39 is 16.0 Å². The van der Waals surface area contributed by atoms with E-state index in [1.54, 1.807) is 24.3 Å². The topological polar surface area (TPSA) is 84.5 Å². The summed E-state index contributed by atoms with van der Waals surface area (Å²) in [5.74, 6) is -0.266. The second-order valence-corrected chi connectivity index (χ2v) is 6.97. The molecule has 1 saturated heterocycles. The number of benzene rings is 1. The minimum absolute atomic E-state index is 0.141. The van der Waals surface area contributed by atoms with Crippen molar-refractivity contribution in [1.82, 2.24) is 10.0 Å². The molecular formula is C14H20N2O4S. The number of carbonyl (C=O) groups excluding carboxylic acids is 1. The molecule has 0 spiro atoms. The van der Waals surface area contributed by atoms with Crippen LogP contribution in [0.5, 0.6) is 0 Å². The summed E-state index contributed by atoms with van der Waals surface area (Å²) in [6, 6.07) is 6.47. The lowest BCUT2D eigenvalue weighted by Crippen LogP contribution is -2.31. The van der Waals surface area contributed by atoms with Crippen molar-refractivity contribution in [3.8, 4) is 0 Å². The van der Waals surface area contributed by atoms with Crippen molar-refractivity contribution in [2.75, 3.05) is 26.7 Å². The summed E-state index contributed by atoms with van der Waals surface area (Å²) in [7, 11) is -2.11. The molecule has 0 aliphatic carbocycles. The first-order valence-corrected chi connectivity index (χ1v) is 8.51. The zero-order valence-electron chi connectivity index (χ0n) is 12.0. The van der Waals surface area contributed by atoms with E-state index in [9.17, 15) is 13.2 Å². The fourth-order valence-electron chi connectivity index (χ4n) is 2.31. The standard InChI is InChI=1S/C14H20N2O4S/c1-20-14(17)13-4-2-3-11(7-13)10-21(18,19)16-9-12-5-6-15-8-12/h2-4,7,12,15-16H,5-6,8-10H2,1H3. The number of hydrogen-bond donors (Lipinski definition) is 2. The van der Waals surface area contributed by atoms with E-state index in [0.717, 1.165) is 19.5 Å². The Morgan fingerprint density at radius 1 is 1.48 bits per heavy atom. The fourth-order valence-corrected chi connectivity index (χ4v) is 3.52. The number of sulfonamides is 1. The average Bonchev–Trinajstić information content (AvgIpc) is 2.97. The Labute approximate surface area is 124 Å². The van der Waals surface area contributed by atoms with Gasteiger partial charge in [-0.2, -0.15) is 0 Å². The van der Waals surface area contributed by atoms with Crippen LogP contribution in [0, 0.1) is 5.92 Å². The summed E-state index contributed by atoms with van der Waals surface area (Å²) in [5, 5.41) is 3.20. The van der Waals surface area contributed by atoms with Crippen LogP contribution >= 0.6 is 0 Å². The minimum atomic E-state index is -3.40. The van der Waals surface area contributed by atoms with Gasteiger partial charge in [0.1, 0.15) is 0 Å². The van der Waals surface area contributed by atoms with Gasteiger partial charge in [0.15, 0.2) is 0 Å². The third-order valence-corrected chi connectivity index (χ3v) is 4.78. The van der Waals surface area contributed by atoms with Crippen LogP contribution in [-0.2, 0) is 20.5 Å². The van der Waals surface area contributed by atoms with Crippen LogP contribution < -0.4 is 10.0 Å². The van der Waals surface area contributed by atoms with Gasteiger partial charge in [-0.25, -0.2) is 17.9 Å². The van der Waals surface area contributed by atoms with Crippen molar-refractivity contribution >= 4 is 16.0 Å². The van der Waals surface area contributed by atoms with Gasteiger partial charge in [0.05, 0.1) is 18.4 Å². The van der Waals surface area contributed by atoms with Crippen molar-refractivity contribution in [3.63, 3.8) is 0 Å². The van der Waals surface area contributed by atoms with Crippen molar-refractivity contribution in [2.45, 2.75) is 12.2 Å². The first-order valence-electron chi connectivity index (χ1n) is 6.85. The number of methoxy groups -OCH3 is 1. The maximum absolute atomic E-state index is 12.1. The van der Waals surface area contributed by atoms with Crippen molar-refractivity contribution in [3.05, 3.63) is 35.4 Å². The number of esters is 1. The SMILES string of the molecule is COC(=O)c1cccc(CS(=O)(=O)NCC2CCNC2)c1. The molecular weight excluding hydrogens is 292 g/mol. The van der Waals surface area contributed by atoms with E-state index in [0.29, 0.717) is 23.6 Å². The maximum atomic E-state index is 12.1. The van der Waals surface area contributed by atoms with Gasteiger partial charge in [-0.05, 0) is 43.1 Å². The van der Waals surface area contributed by atoms with Gasteiger partial charge in [-0.3, -0.25) is 0 Å². The summed E-state index contributed by atoms with van der Waals surface area (Å²) >= 11 is 0. The lowest BCUT2D eigenvalue weighted by atomic mass is 10.1. The molecule has 116 valence electrons. The molecule has 1 unspecified atom stereocenters. The molecule has 1 heterocycles. The highest BCUT2D eigenvalue weighted by Gasteiger charge is 2.18. The number of ether oxygens (including phenoxy) is 1. The van der Waals surface area contributed by atoms with E-state index in [-0.39, 0.29) is 5.75 Å². The average molecular weight is 312 g/mol. The highest BCUT2D eigenvalue weighted by molar-refractivity contribution is 7.88. The third kappa shape index (κ3) is 4.80. The lowest BCUT2D eigenvalue weighted by molar-refractivity contribution is 0.0600. The molecule has 1 aliphatic heterocycles. The Bertz CT molecular complexity index is 595. The molecule has 0 amide bonds. The molecule has 0 bridgehead atoms. The van der Waals surface area contributed by atoms with Crippen LogP contribution in [0.2, 0.25) is 0 Å². The number of rotatable bonds is 6. The Morgan fingerprint density at radius 3 is 2.95 bits per heavy atom. The first-order chi connectivity index (χ1) is 10.00. The van der Waals surface area contributed by atoms with Crippen molar-refractivity contribution in [2.24, 2.45) is 5.92 Å².